The second-order valence-corrected chi connectivity index (χ2v) is 16.1. The minimum Gasteiger partial charge on any atom is -0.483 e. The van der Waals surface area contributed by atoms with Crippen LogP contribution in [0.3, 0.4) is 0 Å². The Hall–Kier alpha value is -4.10. The fraction of sp³-hybridized carbons (Fsp3) is 0.488. The van der Waals surface area contributed by atoms with Crippen molar-refractivity contribution in [2.45, 2.75) is 89.5 Å². The Morgan fingerprint density at radius 2 is 1.72 bits per heavy atom. The van der Waals surface area contributed by atoms with Crippen LogP contribution in [0.25, 0.3) is 0 Å². The fourth-order valence-corrected chi connectivity index (χ4v) is 8.57. The number of carbonyl (C=O) groups excluding carboxylic acids is 3. The van der Waals surface area contributed by atoms with E-state index < -0.39 is 52.8 Å². The van der Waals surface area contributed by atoms with Crippen molar-refractivity contribution in [2.24, 2.45) is 0 Å². The summed E-state index contributed by atoms with van der Waals surface area (Å²) in [6.07, 6.45) is -1.83. The highest BCUT2D eigenvalue weighted by molar-refractivity contribution is 8.00. The molecule has 5 atom stereocenters. The second-order valence-electron chi connectivity index (χ2n) is 14.5. The van der Waals surface area contributed by atoms with Crippen LogP contribution in [0, 0.1) is 13.8 Å². The Labute approximate surface area is 317 Å². The molecule has 0 aromatic heterocycles. The molecule has 5 rings (SSSR count). The van der Waals surface area contributed by atoms with Gasteiger partial charge in [-0.15, -0.1) is 11.8 Å². The minimum atomic E-state index is -1.65. The molecule has 53 heavy (non-hydrogen) atoms. The molecule has 3 aromatic carbocycles. The molecule has 1 heterocycles. The summed E-state index contributed by atoms with van der Waals surface area (Å²) in [5, 5.41) is 31.8. The number of benzene rings is 3. The summed E-state index contributed by atoms with van der Waals surface area (Å²) in [6, 6.07) is 18.5. The molecule has 2 aliphatic rings. The average molecular weight is 746 g/mol. The maximum Gasteiger partial charge on any atom is 0.258 e. The first kappa shape index (κ1) is 40.1. The number of hydrogen-bond donors (Lipinski definition) is 5. The number of anilines is 1. The van der Waals surface area contributed by atoms with Crippen LogP contribution in [0.2, 0.25) is 0 Å². The molecule has 3 aromatic rings. The number of ether oxygens (including phenoxy) is 1. The third kappa shape index (κ3) is 9.53. The molecule has 1 fully saturated rings. The van der Waals surface area contributed by atoms with Gasteiger partial charge in [-0.2, -0.15) is 0 Å². The van der Waals surface area contributed by atoms with E-state index >= 15 is 0 Å². The van der Waals surface area contributed by atoms with Crippen LogP contribution in [0.4, 0.5) is 5.69 Å². The van der Waals surface area contributed by atoms with Crippen LogP contribution in [0.5, 0.6) is 5.75 Å². The highest BCUT2D eigenvalue weighted by Crippen LogP contribution is 2.41. The highest BCUT2D eigenvalue weighted by atomic mass is 32.2. The highest BCUT2D eigenvalue weighted by Gasteiger charge is 2.50. The van der Waals surface area contributed by atoms with Gasteiger partial charge in [0.25, 0.3) is 11.8 Å². The monoisotopic (exact) mass is 745 g/mol. The number of fused-ring (bicyclic) bond motifs is 1. The number of rotatable bonds is 16. The summed E-state index contributed by atoms with van der Waals surface area (Å²) in [5.41, 5.74) is 5.53. The number of aliphatic hydroxyl groups excluding tert-OH is 2. The van der Waals surface area contributed by atoms with E-state index in [4.69, 9.17) is 4.74 Å². The fourth-order valence-electron chi connectivity index (χ4n) is 7.43. The van der Waals surface area contributed by atoms with Crippen LogP contribution >= 0.6 is 11.8 Å². The molecule has 1 saturated heterocycles. The molecule has 0 spiro atoms. The Kier molecular flexibility index (Phi) is 13.5. The van der Waals surface area contributed by atoms with Crippen molar-refractivity contribution in [2.75, 3.05) is 43.6 Å². The molecule has 286 valence electrons. The quantitative estimate of drug-likeness (QED) is 0.139. The number of hydrogen-bond acceptors (Lipinski definition) is 9. The Morgan fingerprint density at radius 1 is 1.04 bits per heavy atom. The third-order valence-electron chi connectivity index (χ3n) is 10.2. The molecule has 1 aliphatic heterocycles. The number of amides is 3. The van der Waals surface area contributed by atoms with Crippen LogP contribution in [0.15, 0.2) is 66.7 Å². The molecular formula is C41H55N5O6S. The first-order chi connectivity index (χ1) is 25.3. The van der Waals surface area contributed by atoms with E-state index in [2.05, 4.69) is 46.8 Å². The van der Waals surface area contributed by atoms with Crippen LogP contribution in [-0.4, -0.2) is 101 Å². The molecular weight excluding hydrogens is 691 g/mol. The van der Waals surface area contributed by atoms with Gasteiger partial charge in [0, 0.05) is 36.5 Å². The topological polar surface area (TPSA) is 143 Å². The van der Waals surface area contributed by atoms with Crippen molar-refractivity contribution in [1.82, 2.24) is 20.9 Å². The van der Waals surface area contributed by atoms with Gasteiger partial charge in [-0.3, -0.25) is 14.4 Å². The smallest absolute Gasteiger partial charge is 0.258 e. The normalized spacial score (nSPS) is 20.0. The van der Waals surface area contributed by atoms with Gasteiger partial charge < -0.3 is 40.7 Å². The maximum absolute atomic E-state index is 14.2. The summed E-state index contributed by atoms with van der Waals surface area (Å²) in [6.45, 7) is 15.1. The van der Waals surface area contributed by atoms with Crippen LogP contribution in [-0.2, 0) is 27.2 Å². The zero-order valence-electron chi connectivity index (χ0n) is 31.7. The van der Waals surface area contributed by atoms with Gasteiger partial charge in [0.05, 0.1) is 24.1 Å². The number of aliphatic hydroxyl groups is 2. The van der Waals surface area contributed by atoms with Crippen molar-refractivity contribution in [3.63, 3.8) is 0 Å². The molecule has 5 N–H and O–H groups in total. The predicted molar refractivity (Wildman–Crippen MR) is 210 cm³/mol. The summed E-state index contributed by atoms with van der Waals surface area (Å²) in [4.78, 5) is 45.3. The maximum atomic E-state index is 14.2. The molecule has 0 unspecified atom stereocenters. The number of nitrogens with one attached hydrogen (secondary N) is 3. The molecule has 12 heteroatoms. The molecule has 1 aliphatic carbocycles. The van der Waals surface area contributed by atoms with Gasteiger partial charge in [-0.25, -0.2) is 0 Å². The first-order valence-electron chi connectivity index (χ1n) is 18.6. The van der Waals surface area contributed by atoms with E-state index in [9.17, 15) is 24.6 Å². The van der Waals surface area contributed by atoms with Gasteiger partial charge in [0.1, 0.15) is 11.8 Å². The van der Waals surface area contributed by atoms with Crippen molar-refractivity contribution in [3.05, 3.63) is 94.5 Å². The van der Waals surface area contributed by atoms with Crippen molar-refractivity contribution in [1.29, 1.82) is 0 Å². The number of carbonyl (C=O) groups is 3. The van der Waals surface area contributed by atoms with E-state index in [1.165, 1.54) is 16.7 Å². The SMILES string of the molecule is CCNCCN(CC)c1cc(C)c(OCC(=O)N[C@@H](Cc2ccccc2)[C@H](O)C(=O)N2CSC(C)(C)[C@H]2C(=O)N[C@H]2c3ccccc3C[C@H]2O)c(C)c1. The lowest BCUT2D eigenvalue weighted by Crippen LogP contribution is -2.59. The van der Waals surface area contributed by atoms with Gasteiger partial charge in [0.2, 0.25) is 5.91 Å². The zero-order valence-corrected chi connectivity index (χ0v) is 32.5. The lowest BCUT2D eigenvalue weighted by molar-refractivity contribution is -0.148. The lowest BCUT2D eigenvalue weighted by Gasteiger charge is -2.34. The van der Waals surface area contributed by atoms with E-state index in [0.29, 0.717) is 12.2 Å². The molecule has 3 amide bonds. The van der Waals surface area contributed by atoms with E-state index in [1.807, 2.05) is 82.3 Å². The van der Waals surface area contributed by atoms with Crippen molar-refractivity contribution < 1.29 is 29.3 Å². The Balaban J connectivity index is 1.29. The summed E-state index contributed by atoms with van der Waals surface area (Å²) < 4.78 is 5.38. The number of nitrogens with zero attached hydrogens (tertiary/aromatic N) is 2. The van der Waals surface area contributed by atoms with E-state index in [-0.39, 0.29) is 18.9 Å². The minimum absolute atomic E-state index is 0.179. The van der Waals surface area contributed by atoms with Gasteiger partial charge in [0.15, 0.2) is 12.7 Å². The Bertz CT molecular complexity index is 1720. The summed E-state index contributed by atoms with van der Waals surface area (Å²) >= 11 is 1.44. The van der Waals surface area contributed by atoms with Crippen LogP contribution < -0.4 is 25.6 Å². The molecule has 0 radical (unpaired) electrons. The largest absolute Gasteiger partial charge is 0.483 e. The van der Waals surface area contributed by atoms with E-state index in [0.717, 1.165) is 59.7 Å². The lowest BCUT2D eigenvalue weighted by atomic mass is 9.96. The molecule has 0 saturated carbocycles. The zero-order chi connectivity index (χ0) is 38.3. The number of thioether (sulfide) groups is 1. The van der Waals surface area contributed by atoms with Crippen LogP contribution in [0.1, 0.15) is 61.6 Å². The van der Waals surface area contributed by atoms with Crippen molar-refractivity contribution >= 4 is 35.2 Å². The third-order valence-corrected chi connectivity index (χ3v) is 11.6. The summed E-state index contributed by atoms with van der Waals surface area (Å²) in [5.74, 6) is -0.757. The number of aryl methyl sites for hydroxylation is 2. The number of likely N-dealkylation sites (N-methyl/N-ethyl adjacent to an activating group) is 2. The van der Waals surface area contributed by atoms with E-state index in [1.54, 1.807) is 0 Å². The standard InChI is InChI=1S/C41H55N5O6S/c1-7-42-18-19-45(8-2)30-20-26(3)37(27(4)21-30)52-24-34(48)43-32(22-28-14-10-9-11-15-28)36(49)40(51)46-25-53-41(5,6)38(46)39(50)44-35-31-17-13-12-16-29(31)23-33(35)47/h9-17,20-21,32-33,35-36,38,42,47,49H,7-8,18-19,22-25H2,1-6H3,(H,43,48)(H,44,50)/t32-,33+,35-,36-,38+/m0/s1. The first-order valence-corrected chi connectivity index (χ1v) is 19.5. The van der Waals surface area contributed by atoms with Gasteiger partial charge in [-0.1, -0.05) is 61.5 Å². The average Bonchev–Trinajstić information content (AvgIpc) is 3.63. The van der Waals surface area contributed by atoms with Gasteiger partial charge in [-0.05, 0) is 87.5 Å². The summed E-state index contributed by atoms with van der Waals surface area (Å²) in [7, 11) is 0. The Morgan fingerprint density at radius 3 is 2.40 bits per heavy atom. The van der Waals surface area contributed by atoms with Gasteiger partial charge >= 0.3 is 0 Å². The molecule has 0 bridgehead atoms. The van der Waals surface area contributed by atoms with Crippen molar-refractivity contribution in [3.8, 4) is 5.75 Å². The second kappa shape index (κ2) is 17.8. The predicted octanol–water partition coefficient (Wildman–Crippen LogP) is 3.66. The molecule has 11 nitrogen and oxygen atoms in total.